The molecule has 3 aromatic rings. The Morgan fingerprint density at radius 1 is 1.26 bits per heavy atom. The molecule has 1 saturated heterocycles. The first-order valence-corrected chi connectivity index (χ1v) is 11.3. The summed E-state index contributed by atoms with van der Waals surface area (Å²) in [5, 5.41) is 13.7. The number of H-pyrrole nitrogens is 1. The number of carbonyl (C=O) groups excluding carboxylic acids is 1. The first-order valence-electron chi connectivity index (χ1n) is 10.2. The average Bonchev–Trinajstić information content (AvgIpc) is 3.19. The molecule has 1 aromatic carbocycles. The number of hydrogen-bond donors (Lipinski definition) is 3. The molecule has 0 spiro atoms. The highest BCUT2D eigenvalue weighted by Gasteiger charge is 2.43. The van der Waals surface area contributed by atoms with Gasteiger partial charge in [0.2, 0.25) is 0 Å². The van der Waals surface area contributed by atoms with E-state index in [1.807, 2.05) is 23.9 Å². The third-order valence-electron chi connectivity index (χ3n) is 5.64. The Balaban J connectivity index is 1.36. The quantitative estimate of drug-likeness (QED) is 0.519. The topological polar surface area (TPSA) is 108 Å². The van der Waals surface area contributed by atoms with Crippen molar-refractivity contribution in [3.63, 3.8) is 0 Å². The van der Waals surface area contributed by atoms with Gasteiger partial charge in [0.1, 0.15) is 23.2 Å². The summed E-state index contributed by atoms with van der Waals surface area (Å²) in [6.45, 7) is 0.0634. The van der Waals surface area contributed by atoms with Crippen LogP contribution in [0.25, 0.3) is 11.5 Å². The molecule has 0 bridgehead atoms. The predicted octanol–water partition coefficient (Wildman–Crippen LogP) is 2.94. The maximum atomic E-state index is 13.8. The molecule has 2 aliphatic rings. The molecular formula is C21H22FN7OS. The van der Waals surface area contributed by atoms with E-state index in [1.54, 1.807) is 24.4 Å². The summed E-state index contributed by atoms with van der Waals surface area (Å²) in [5.74, 6) is 2.77. The van der Waals surface area contributed by atoms with Gasteiger partial charge in [-0.15, -0.1) is 0 Å². The second-order valence-electron chi connectivity index (χ2n) is 8.03. The molecule has 0 radical (unpaired) electrons. The van der Waals surface area contributed by atoms with Gasteiger partial charge >= 0.3 is 0 Å². The van der Waals surface area contributed by atoms with Crippen molar-refractivity contribution in [3.05, 3.63) is 54.2 Å². The number of carbonyl (C=O) groups is 1. The molecule has 8 nitrogen and oxygen atoms in total. The minimum Gasteiger partial charge on any atom is -0.372 e. The van der Waals surface area contributed by atoms with Crippen molar-refractivity contribution in [3.8, 4) is 11.5 Å². The summed E-state index contributed by atoms with van der Waals surface area (Å²) in [4.78, 5) is 25.3. The molecule has 5 rings (SSSR count). The fraction of sp³-hybridized carbons (Fsp3) is 0.381. The van der Waals surface area contributed by atoms with Gasteiger partial charge in [-0.2, -0.15) is 16.9 Å². The number of benzene rings is 1. The van der Waals surface area contributed by atoms with Gasteiger partial charge in [-0.1, -0.05) is 6.07 Å². The van der Waals surface area contributed by atoms with Gasteiger partial charge in [-0.05, 0) is 49.3 Å². The molecule has 3 heterocycles. The van der Waals surface area contributed by atoms with E-state index < -0.39 is 11.2 Å². The fourth-order valence-corrected chi connectivity index (χ4v) is 4.93. The average molecular weight is 440 g/mol. The molecule has 1 amide bonds. The zero-order valence-corrected chi connectivity index (χ0v) is 17.6. The lowest BCUT2D eigenvalue weighted by Gasteiger charge is -2.28. The van der Waals surface area contributed by atoms with Crippen molar-refractivity contribution in [1.29, 1.82) is 0 Å². The van der Waals surface area contributed by atoms with Gasteiger partial charge in [0.15, 0.2) is 11.6 Å². The zero-order chi connectivity index (χ0) is 21.3. The van der Waals surface area contributed by atoms with Crippen LogP contribution in [0.15, 0.2) is 42.9 Å². The van der Waals surface area contributed by atoms with Crippen LogP contribution in [0.1, 0.15) is 35.4 Å². The molecule has 2 aromatic heterocycles. The van der Waals surface area contributed by atoms with E-state index in [4.69, 9.17) is 4.98 Å². The SMILES string of the molecule is O=C(NCC1(F)CC1)c1cccc(NC2(c3nc(-c4ccncn4)n[nH]3)CCSC2)c1. The summed E-state index contributed by atoms with van der Waals surface area (Å²) in [6.07, 6.45) is 5.01. The zero-order valence-electron chi connectivity index (χ0n) is 16.8. The van der Waals surface area contributed by atoms with Crippen molar-refractivity contribution < 1.29 is 9.18 Å². The highest BCUT2D eigenvalue weighted by atomic mass is 32.2. The Kier molecular flexibility index (Phi) is 5.09. The summed E-state index contributed by atoms with van der Waals surface area (Å²) < 4.78 is 13.8. The maximum Gasteiger partial charge on any atom is 0.251 e. The monoisotopic (exact) mass is 439 g/mol. The third-order valence-corrected chi connectivity index (χ3v) is 6.83. The standard InChI is InChI=1S/C21H22FN7OS/c22-20(5-6-20)11-24-18(30)14-2-1-3-15(10-14)27-21(7-9-31-12-21)19-26-17(28-29-19)16-4-8-23-13-25-16/h1-4,8,10,13,27H,5-7,9,11-12H2,(H,24,30)(H,26,28,29). The van der Waals surface area contributed by atoms with Gasteiger partial charge in [0, 0.05) is 23.2 Å². The summed E-state index contributed by atoms with van der Waals surface area (Å²) in [7, 11) is 0. The number of hydrogen-bond acceptors (Lipinski definition) is 7. The van der Waals surface area contributed by atoms with E-state index in [0.717, 1.165) is 29.4 Å². The largest absolute Gasteiger partial charge is 0.372 e. The van der Waals surface area contributed by atoms with Gasteiger partial charge in [0.05, 0.1) is 6.54 Å². The lowest BCUT2D eigenvalue weighted by Crippen LogP contribution is -2.37. The van der Waals surface area contributed by atoms with Crippen LogP contribution in [0.5, 0.6) is 0 Å². The lowest BCUT2D eigenvalue weighted by atomic mass is 9.97. The summed E-state index contributed by atoms with van der Waals surface area (Å²) >= 11 is 1.83. The molecular weight excluding hydrogens is 417 g/mol. The Bertz CT molecular complexity index is 1080. The smallest absolute Gasteiger partial charge is 0.251 e. The van der Waals surface area contributed by atoms with Crippen LogP contribution in [0.4, 0.5) is 10.1 Å². The number of amides is 1. The molecule has 1 saturated carbocycles. The number of thioether (sulfide) groups is 1. The van der Waals surface area contributed by atoms with Crippen LogP contribution in [0, 0.1) is 0 Å². The third kappa shape index (κ3) is 4.25. The highest BCUT2D eigenvalue weighted by molar-refractivity contribution is 7.99. The minimum atomic E-state index is -1.22. The second kappa shape index (κ2) is 7.92. The molecule has 1 aliphatic heterocycles. The fourth-order valence-electron chi connectivity index (χ4n) is 3.59. The molecule has 2 fully saturated rings. The highest BCUT2D eigenvalue weighted by Crippen LogP contribution is 2.39. The number of anilines is 1. The van der Waals surface area contributed by atoms with E-state index in [0.29, 0.717) is 29.9 Å². The Hall–Kier alpha value is -3.01. The number of nitrogens with one attached hydrogen (secondary N) is 3. The number of halogens is 1. The second-order valence-corrected chi connectivity index (χ2v) is 9.13. The van der Waals surface area contributed by atoms with E-state index in [2.05, 4.69) is 30.8 Å². The molecule has 1 aliphatic carbocycles. The van der Waals surface area contributed by atoms with Crippen LogP contribution in [0.3, 0.4) is 0 Å². The van der Waals surface area contributed by atoms with Crippen molar-refractivity contribution in [2.45, 2.75) is 30.5 Å². The maximum absolute atomic E-state index is 13.8. The van der Waals surface area contributed by atoms with Crippen molar-refractivity contribution in [2.24, 2.45) is 0 Å². The number of aromatic amines is 1. The minimum absolute atomic E-state index is 0.0634. The van der Waals surface area contributed by atoms with Crippen LogP contribution >= 0.6 is 11.8 Å². The summed E-state index contributed by atoms with van der Waals surface area (Å²) in [5.41, 5.74) is 0.295. The summed E-state index contributed by atoms with van der Waals surface area (Å²) in [6, 6.07) is 9.03. The molecule has 160 valence electrons. The Labute approximate surface area is 182 Å². The molecule has 31 heavy (non-hydrogen) atoms. The molecule has 10 heteroatoms. The first-order chi connectivity index (χ1) is 15.1. The predicted molar refractivity (Wildman–Crippen MR) is 116 cm³/mol. The normalized spacial score (nSPS) is 21.6. The van der Waals surface area contributed by atoms with Crippen molar-refractivity contribution in [1.82, 2.24) is 30.5 Å². The number of alkyl halides is 1. The van der Waals surface area contributed by atoms with E-state index in [-0.39, 0.29) is 12.5 Å². The number of aromatic nitrogens is 5. The Morgan fingerprint density at radius 3 is 2.90 bits per heavy atom. The van der Waals surface area contributed by atoms with Gasteiger partial charge in [0.25, 0.3) is 5.91 Å². The Morgan fingerprint density at radius 2 is 2.16 bits per heavy atom. The van der Waals surface area contributed by atoms with Crippen molar-refractivity contribution in [2.75, 3.05) is 23.4 Å². The number of nitrogens with zero attached hydrogens (tertiary/aromatic N) is 4. The molecule has 3 N–H and O–H groups in total. The number of rotatable bonds is 7. The lowest BCUT2D eigenvalue weighted by molar-refractivity contribution is 0.0938. The van der Waals surface area contributed by atoms with Gasteiger partial charge < -0.3 is 10.6 Å². The molecule has 1 unspecified atom stereocenters. The van der Waals surface area contributed by atoms with Gasteiger partial charge in [-0.3, -0.25) is 9.89 Å². The van der Waals surface area contributed by atoms with Crippen LogP contribution in [0.2, 0.25) is 0 Å². The van der Waals surface area contributed by atoms with Crippen LogP contribution < -0.4 is 10.6 Å². The first kappa shape index (κ1) is 19.9. The van der Waals surface area contributed by atoms with Crippen LogP contribution in [-0.4, -0.2) is 54.8 Å². The molecule has 1 atom stereocenters. The van der Waals surface area contributed by atoms with Crippen LogP contribution in [-0.2, 0) is 5.54 Å². The van der Waals surface area contributed by atoms with E-state index in [9.17, 15) is 9.18 Å². The van der Waals surface area contributed by atoms with Gasteiger partial charge in [-0.25, -0.2) is 19.3 Å². The van der Waals surface area contributed by atoms with E-state index in [1.165, 1.54) is 6.33 Å². The van der Waals surface area contributed by atoms with E-state index >= 15 is 0 Å². The van der Waals surface area contributed by atoms with Crippen molar-refractivity contribution >= 4 is 23.4 Å².